The summed E-state index contributed by atoms with van der Waals surface area (Å²) < 4.78 is 0. The third-order valence-electron chi connectivity index (χ3n) is 1.67. The first-order valence-corrected chi connectivity index (χ1v) is 5.38. The van der Waals surface area contributed by atoms with Gasteiger partial charge in [0.1, 0.15) is 0 Å². The average Bonchev–Trinajstić information content (AvgIpc) is 1.87. The average molecular weight is 222 g/mol. The first kappa shape index (κ1) is 11.4. The van der Waals surface area contributed by atoms with E-state index in [1.807, 2.05) is 0 Å². The number of nitrogens with zero attached hydrogens (tertiary/aromatic N) is 1. The molecule has 0 saturated carbocycles. The Kier molecular flexibility index (Phi) is 5.36. The molecule has 0 aromatic rings. The van der Waals surface area contributed by atoms with Crippen LogP contribution in [0, 0.1) is 5.41 Å². The van der Waals surface area contributed by atoms with Gasteiger partial charge in [-0.25, -0.2) is 0 Å². The molecule has 0 heterocycles. The lowest BCUT2D eigenvalue weighted by atomic mass is 9.96. The van der Waals surface area contributed by atoms with E-state index in [-0.39, 0.29) is 0 Å². The Morgan fingerprint density at radius 1 is 1.36 bits per heavy atom. The maximum Gasteiger partial charge on any atom is 0.00949 e. The topological polar surface area (TPSA) is 3.24 Å². The Morgan fingerprint density at radius 3 is 2.27 bits per heavy atom. The monoisotopic (exact) mass is 221 g/mol. The molecule has 1 nitrogen and oxygen atoms in total. The van der Waals surface area contributed by atoms with E-state index in [0.717, 1.165) is 5.33 Å². The second-order valence-electron chi connectivity index (χ2n) is 4.04. The van der Waals surface area contributed by atoms with Crippen LogP contribution < -0.4 is 0 Å². The maximum absolute atomic E-state index is 3.52. The van der Waals surface area contributed by atoms with E-state index in [1.54, 1.807) is 0 Å². The molecule has 0 atom stereocenters. The van der Waals surface area contributed by atoms with Gasteiger partial charge in [-0.15, -0.1) is 0 Å². The summed E-state index contributed by atoms with van der Waals surface area (Å²) in [5.74, 6) is 0. The van der Waals surface area contributed by atoms with Crippen LogP contribution in [-0.4, -0.2) is 30.4 Å². The summed E-state index contributed by atoms with van der Waals surface area (Å²) >= 11 is 3.52. The van der Waals surface area contributed by atoms with E-state index >= 15 is 0 Å². The van der Waals surface area contributed by atoms with Gasteiger partial charge in [-0.05, 0) is 25.4 Å². The lowest BCUT2D eigenvalue weighted by Crippen LogP contribution is -2.32. The number of hydrogen-bond donors (Lipinski definition) is 0. The fraction of sp³-hybridized carbons (Fsp3) is 1.00. The molecule has 0 N–H and O–H groups in total. The highest BCUT2D eigenvalue weighted by molar-refractivity contribution is 9.09. The minimum Gasteiger partial charge on any atom is -0.306 e. The summed E-state index contributed by atoms with van der Waals surface area (Å²) in [6, 6.07) is 0. The van der Waals surface area contributed by atoms with Crippen LogP contribution in [0.2, 0.25) is 0 Å². The van der Waals surface area contributed by atoms with Crippen molar-refractivity contribution in [3.05, 3.63) is 0 Å². The van der Waals surface area contributed by atoms with Gasteiger partial charge in [-0.3, -0.25) is 0 Å². The van der Waals surface area contributed by atoms with Crippen LogP contribution in [0.5, 0.6) is 0 Å². The van der Waals surface area contributed by atoms with Crippen molar-refractivity contribution in [1.82, 2.24) is 4.90 Å². The van der Waals surface area contributed by atoms with Gasteiger partial charge in [0.25, 0.3) is 0 Å². The molecule has 0 aliphatic rings. The molecule has 0 amide bonds. The second kappa shape index (κ2) is 5.15. The highest BCUT2D eigenvalue weighted by Crippen LogP contribution is 2.18. The van der Waals surface area contributed by atoms with E-state index < -0.39 is 0 Å². The molecule has 2 heteroatoms. The number of rotatable bonds is 5. The summed E-state index contributed by atoms with van der Waals surface area (Å²) in [6.07, 6.45) is 1.24. The van der Waals surface area contributed by atoms with E-state index in [0.29, 0.717) is 5.41 Å². The number of alkyl halides is 1. The van der Waals surface area contributed by atoms with Gasteiger partial charge in [-0.1, -0.05) is 36.7 Å². The van der Waals surface area contributed by atoms with E-state index in [9.17, 15) is 0 Å². The minimum atomic E-state index is 0.407. The first-order valence-electron chi connectivity index (χ1n) is 4.26. The van der Waals surface area contributed by atoms with Crippen LogP contribution in [0.25, 0.3) is 0 Å². The van der Waals surface area contributed by atoms with Crippen molar-refractivity contribution in [3.8, 4) is 0 Å². The Balaban J connectivity index is 3.64. The molecule has 0 aliphatic heterocycles. The highest BCUT2D eigenvalue weighted by Gasteiger charge is 2.17. The second-order valence-corrected chi connectivity index (χ2v) is 4.60. The zero-order valence-electron chi connectivity index (χ0n) is 8.15. The lowest BCUT2D eigenvalue weighted by Gasteiger charge is -2.28. The van der Waals surface area contributed by atoms with Crippen LogP contribution in [0.15, 0.2) is 0 Å². The predicted octanol–water partition coefficient (Wildman–Crippen LogP) is 2.75. The van der Waals surface area contributed by atoms with Crippen LogP contribution in [0.4, 0.5) is 0 Å². The zero-order valence-corrected chi connectivity index (χ0v) is 9.74. The van der Waals surface area contributed by atoms with Gasteiger partial charge in [-0.2, -0.15) is 0 Å². The van der Waals surface area contributed by atoms with Crippen molar-refractivity contribution < 1.29 is 0 Å². The van der Waals surface area contributed by atoms with Crippen molar-refractivity contribution in [2.75, 3.05) is 25.5 Å². The molecule has 0 radical (unpaired) electrons. The standard InChI is InChI=1S/C9H20BrN/c1-5-6-11(4)8-9(2,3)7-10/h5-8H2,1-4H3. The van der Waals surface area contributed by atoms with Gasteiger partial charge in [0.15, 0.2) is 0 Å². The number of hydrogen-bond acceptors (Lipinski definition) is 1. The molecule has 0 spiro atoms. The third kappa shape index (κ3) is 5.68. The summed E-state index contributed by atoms with van der Waals surface area (Å²) in [4.78, 5) is 2.39. The first-order chi connectivity index (χ1) is 5.02. The lowest BCUT2D eigenvalue weighted by molar-refractivity contribution is 0.232. The van der Waals surface area contributed by atoms with Gasteiger partial charge in [0, 0.05) is 11.9 Å². The van der Waals surface area contributed by atoms with Crippen LogP contribution >= 0.6 is 15.9 Å². The van der Waals surface area contributed by atoms with Crippen molar-refractivity contribution in [1.29, 1.82) is 0 Å². The SMILES string of the molecule is CCCN(C)CC(C)(C)CBr. The third-order valence-corrected chi connectivity index (χ3v) is 3.18. The van der Waals surface area contributed by atoms with Gasteiger partial charge in [0.2, 0.25) is 0 Å². The molecule has 68 valence electrons. The molecule has 0 aromatic carbocycles. The summed E-state index contributed by atoms with van der Waals surface area (Å²) in [6.45, 7) is 9.17. The van der Waals surface area contributed by atoms with Crippen LogP contribution in [0.3, 0.4) is 0 Å². The maximum atomic E-state index is 3.52. The largest absolute Gasteiger partial charge is 0.306 e. The summed E-state index contributed by atoms with van der Waals surface area (Å²) in [7, 11) is 2.19. The molecule has 0 bridgehead atoms. The normalized spacial score (nSPS) is 12.5. The van der Waals surface area contributed by atoms with E-state index in [4.69, 9.17) is 0 Å². The predicted molar refractivity (Wildman–Crippen MR) is 55.4 cm³/mol. The van der Waals surface area contributed by atoms with Crippen molar-refractivity contribution in [2.45, 2.75) is 27.2 Å². The molecular weight excluding hydrogens is 202 g/mol. The van der Waals surface area contributed by atoms with Crippen molar-refractivity contribution >= 4 is 15.9 Å². The van der Waals surface area contributed by atoms with Crippen molar-refractivity contribution in [2.24, 2.45) is 5.41 Å². The molecule has 0 saturated heterocycles. The molecule has 0 unspecified atom stereocenters. The smallest absolute Gasteiger partial charge is 0.00949 e. The van der Waals surface area contributed by atoms with Crippen LogP contribution in [-0.2, 0) is 0 Å². The fourth-order valence-corrected chi connectivity index (χ4v) is 1.41. The zero-order chi connectivity index (χ0) is 8.91. The molecular formula is C9H20BrN. The van der Waals surface area contributed by atoms with Gasteiger partial charge in [0.05, 0.1) is 0 Å². The quantitative estimate of drug-likeness (QED) is 0.646. The molecule has 11 heavy (non-hydrogen) atoms. The molecule has 0 fully saturated rings. The Hall–Kier alpha value is 0.440. The Morgan fingerprint density at radius 2 is 1.91 bits per heavy atom. The molecule has 0 rings (SSSR count). The van der Waals surface area contributed by atoms with Crippen molar-refractivity contribution in [3.63, 3.8) is 0 Å². The molecule has 0 aliphatic carbocycles. The Bertz CT molecular complexity index is 102. The van der Waals surface area contributed by atoms with Gasteiger partial charge >= 0.3 is 0 Å². The van der Waals surface area contributed by atoms with Crippen LogP contribution in [0.1, 0.15) is 27.2 Å². The summed E-state index contributed by atoms with van der Waals surface area (Å²) in [5, 5.41) is 1.08. The Labute approximate surface area is 79.3 Å². The minimum absolute atomic E-state index is 0.407. The van der Waals surface area contributed by atoms with Gasteiger partial charge < -0.3 is 4.90 Å². The molecule has 0 aromatic heterocycles. The van der Waals surface area contributed by atoms with E-state index in [2.05, 4.69) is 48.6 Å². The van der Waals surface area contributed by atoms with E-state index in [1.165, 1.54) is 19.5 Å². The highest BCUT2D eigenvalue weighted by atomic mass is 79.9. The summed E-state index contributed by atoms with van der Waals surface area (Å²) in [5.41, 5.74) is 0.407. The number of halogens is 1. The fourth-order valence-electron chi connectivity index (χ4n) is 1.23.